The first-order chi connectivity index (χ1) is 11.1. The summed E-state index contributed by atoms with van der Waals surface area (Å²) in [5, 5.41) is 13.4. The summed E-state index contributed by atoms with van der Waals surface area (Å²) in [6, 6.07) is 10.7. The first-order valence-electron chi connectivity index (χ1n) is 6.54. The van der Waals surface area contributed by atoms with Crippen LogP contribution < -0.4 is 10.6 Å². The van der Waals surface area contributed by atoms with E-state index < -0.39 is 11.6 Å². The molecular weight excluding hydrogens is 368 g/mol. The molecule has 2 aromatic carbocycles. The van der Waals surface area contributed by atoms with E-state index in [0.717, 1.165) is 22.3 Å². The van der Waals surface area contributed by atoms with Crippen LogP contribution in [0.25, 0.3) is 0 Å². The van der Waals surface area contributed by atoms with Gasteiger partial charge in [-0.05, 0) is 30.3 Å². The fraction of sp³-hybridized carbons (Fsp3) is 0. The fourth-order valence-corrected chi connectivity index (χ4v) is 2.24. The zero-order chi connectivity index (χ0) is 16.2. The Morgan fingerprint density at radius 2 is 1.87 bits per heavy atom. The minimum absolute atomic E-state index is 0.0975. The van der Waals surface area contributed by atoms with Gasteiger partial charge in [0.15, 0.2) is 5.82 Å². The van der Waals surface area contributed by atoms with Crippen molar-refractivity contribution in [2.45, 2.75) is 0 Å². The summed E-state index contributed by atoms with van der Waals surface area (Å²) >= 11 is 3.37. The van der Waals surface area contributed by atoms with E-state index in [1.807, 2.05) is 24.3 Å². The van der Waals surface area contributed by atoms with Gasteiger partial charge < -0.3 is 10.6 Å². The molecule has 1 heterocycles. The van der Waals surface area contributed by atoms with Crippen LogP contribution in [0.2, 0.25) is 0 Å². The van der Waals surface area contributed by atoms with E-state index >= 15 is 0 Å². The zero-order valence-corrected chi connectivity index (χ0v) is 13.2. The average Bonchev–Trinajstić information content (AvgIpc) is 2.51. The summed E-state index contributed by atoms with van der Waals surface area (Å²) in [6.45, 7) is 0. The van der Waals surface area contributed by atoms with Gasteiger partial charge in [0.1, 0.15) is 11.6 Å². The maximum Gasteiger partial charge on any atom is 0.249 e. The molecule has 0 aliphatic heterocycles. The van der Waals surface area contributed by atoms with Crippen molar-refractivity contribution in [1.82, 2.24) is 15.2 Å². The molecular formula is C15H10BrF2N5. The van der Waals surface area contributed by atoms with Gasteiger partial charge in [-0.15, -0.1) is 5.10 Å². The molecule has 0 aliphatic carbocycles. The van der Waals surface area contributed by atoms with E-state index in [1.54, 1.807) is 0 Å². The largest absolute Gasteiger partial charge is 0.336 e. The quantitative estimate of drug-likeness (QED) is 0.705. The van der Waals surface area contributed by atoms with E-state index in [-0.39, 0.29) is 17.5 Å². The predicted molar refractivity (Wildman–Crippen MR) is 86.9 cm³/mol. The van der Waals surface area contributed by atoms with Crippen molar-refractivity contribution in [3.05, 3.63) is 64.8 Å². The Labute approximate surface area is 138 Å². The first kappa shape index (κ1) is 15.3. The topological polar surface area (TPSA) is 62.7 Å². The Balaban J connectivity index is 1.79. The fourth-order valence-electron chi connectivity index (χ4n) is 1.84. The molecule has 3 aromatic rings. The molecule has 0 radical (unpaired) electrons. The summed E-state index contributed by atoms with van der Waals surface area (Å²) in [5.74, 6) is -0.838. The molecule has 0 atom stereocenters. The van der Waals surface area contributed by atoms with Gasteiger partial charge in [-0.25, -0.2) is 8.78 Å². The summed E-state index contributed by atoms with van der Waals surface area (Å²) < 4.78 is 27.4. The van der Waals surface area contributed by atoms with Crippen LogP contribution in [0.15, 0.2) is 53.1 Å². The SMILES string of the molecule is Fc1ccc(Nc2cnnc(Nc3cccc(Br)c3)n2)c(F)c1. The number of hydrogen-bond donors (Lipinski definition) is 2. The lowest BCUT2D eigenvalue weighted by molar-refractivity contribution is 0.586. The zero-order valence-electron chi connectivity index (χ0n) is 11.6. The van der Waals surface area contributed by atoms with E-state index in [9.17, 15) is 8.78 Å². The molecule has 0 saturated heterocycles. The highest BCUT2D eigenvalue weighted by Crippen LogP contribution is 2.21. The Hall–Kier alpha value is -2.61. The van der Waals surface area contributed by atoms with Crippen molar-refractivity contribution in [3.63, 3.8) is 0 Å². The van der Waals surface area contributed by atoms with Crippen LogP contribution in [-0.2, 0) is 0 Å². The number of benzene rings is 2. The predicted octanol–water partition coefficient (Wildman–Crippen LogP) is 4.40. The van der Waals surface area contributed by atoms with Crippen LogP contribution in [0.1, 0.15) is 0 Å². The average molecular weight is 378 g/mol. The van der Waals surface area contributed by atoms with Gasteiger partial charge in [0.2, 0.25) is 5.95 Å². The maximum absolute atomic E-state index is 13.6. The lowest BCUT2D eigenvalue weighted by atomic mass is 10.3. The molecule has 0 amide bonds. The molecule has 0 saturated carbocycles. The molecule has 0 bridgehead atoms. The van der Waals surface area contributed by atoms with E-state index in [1.165, 1.54) is 12.3 Å². The summed E-state index contributed by atoms with van der Waals surface area (Å²) in [7, 11) is 0. The smallest absolute Gasteiger partial charge is 0.249 e. The van der Waals surface area contributed by atoms with Crippen molar-refractivity contribution in [1.29, 1.82) is 0 Å². The van der Waals surface area contributed by atoms with Gasteiger partial charge in [0.25, 0.3) is 0 Å². The molecule has 116 valence electrons. The lowest BCUT2D eigenvalue weighted by Gasteiger charge is -2.08. The van der Waals surface area contributed by atoms with Gasteiger partial charge in [-0.3, -0.25) is 0 Å². The summed E-state index contributed by atoms with van der Waals surface area (Å²) in [6.07, 6.45) is 1.34. The number of aromatic nitrogens is 3. The molecule has 0 unspecified atom stereocenters. The molecule has 23 heavy (non-hydrogen) atoms. The Bertz CT molecular complexity index is 844. The summed E-state index contributed by atoms with van der Waals surface area (Å²) in [4.78, 5) is 4.18. The van der Waals surface area contributed by atoms with Crippen LogP contribution in [0, 0.1) is 11.6 Å². The van der Waals surface area contributed by atoms with Crippen molar-refractivity contribution in [2.75, 3.05) is 10.6 Å². The number of hydrogen-bond acceptors (Lipinski definition) is 5. The third-order valence-electron chi connectivity index (χ3n) is 2.83. The maximum atomic E-state index is 13.6. The molecule has 0 fully saturated rings. The molecule has 0 aliphatic rings. The normalized spacial score (nSPS) is 10.4. The lowest BCUT2D eigenvalue weighted by Crippen LogP contribution is -2.03. The van der Waals surface area contributed by atoms with Gasteiger partial charge in [0.05, 0.1) is 11.9 Å². The highest BCUT2D eigenvalue weighted by atomic mass is 79.9. The van der Waals surface area contributed by atoms with Crippen LogP contribution in [-0.4, -0.2) is 15.2 Å². The highest BCUT2D eigenvalue weighted by molar-refractivity contribution is 9.10. The van der Waals surface area contributed by atoms with E-state index in [2.05, 4.69) is 41.7 Å². The van der Waals surface area contributed by atoms with E-state index in [0.29, 0.717) is 0 Å². The number of nitrogens with zero attached hydrogens (tertiary/aromatic N) is 3. The number of halogens is 3. The number of anilines is 4. The molecule has 3 rings (SSSR count). The molecule has 8 heteroatoms. The van der Waals surface area contributed by atoms with Crippen molar-refractivity contribution in [3.8, 4) is 0 Å². The Morgan fingerprint density at radius 3 is 2.65 bits per heavy atom. The van der Waals surface area contributed by atoms with Crippen LogP contribution >= 0.6 is 15.9 Å². The standard InChI is InChI=1S/C15H10BrF2N5/c16-9-2-1-3-11(6-9)20-15-22-14(8-19-23-15)21-13-5-4-10(17)7-12(13)18/h1-8H,(H2,20,21,22,23). The van der Waals surface area contributed by atoms with E-state index in [4.69, 9.17) is 0 Å². The first-order valence-corrected chi connectivity index (χ1v) is 7.34. The second-order valence-electron chi connectivity index (χ2n) is 4.55. The van der Waals surface area contributed by atoms with Gasteiger partial charge in [-0.2, -0.15) is 10.1 Å². The molecule has 0 spiro atoms. The Kier molecular flexibility index (Phi) is 4.42. The van der Waals surface area contributed by atoms with Crippen LogP contribution in [0.4, 0.5) is 31.9 Å². The monoisotopic (exact) mass is 377 g/mol. The van der Waals surface area contributed by atoms with Crippen molar-refractivity contribution in [2.24, 2.45) is 0 Å². The van der Waals surface area contributed by atoms with Crippen molar-refractivity contribution < 1.29 is 8.78 Å². The second-order valence-corrected chi connectivity index (χ2v) is 5.47. The molecule has 1 aromatic heterocycles. The Morgan fingerprint density at radius 1 is 1.00 bits per heavy atom. The minimum atomic E-state index is -0.717. The van der Waals surface area contributed by atoms with Gasteiger partial charge in [0, 0.05) is 16.2 Å². The molecule has 2 N–H and O–H groups in total. The minimum Gasteiger partial charge on any atom is -0.336 e. The molecule has 5 nitrogen and oxygen atoms in total. The van der Waals surface area contributed by atoms with Gasteiger partial charge in [-0.1, -0.05) is 22.0 Å². The van der Waals surface area contributed by atoms with Crippen LogP contribution in [0.5, 0.6) is 0 Å². The third kappa shape index (κ3) is 3.98. The van der Waals surface area contributed by atoms with Crippen LogP contribution in [0.3, 0.4) is 0 Å². The highest BCUT2D eigenvalue weighted by Gasteiger charge is 2.07. The number of rotatable bonds is 4. The summed E-state index contributed by atoms with van der Waals surface area (Å²) in [5.41, 5.74) is 0.867. The third-order valence-corrected chi connectivity index (χ3v) is 3.33. The second kappa shape index (κ2) is 6.66. The van der Waals surface area contributed by atoms with Gasteiger partial charge >= 0.3 is 0 Å². The van der Waals surface area contributed by atoms with Crippen molar-refractivity contribution >= 4 is 39.1 Å². The number of nitrogens with one attached hydrogen (secondary N) is 2.